The van der Waals surface area contributed by atoms with Crippen LogP contribution in [0.1, 0.15) is 57.6 Å². The summed E-state index contributed by atoms with van der Waals surface area (Å²) in [5.74, 6) is -0.447. The fourth-order valence-corrected chi connectivity index (χ4v) is 4.74. The SMILES string of the molecule is CC(=O)Nc1c([N+](=O)[O-])ccc2c1CCCN2.CCCCN(C(C)=O)c1c([N+](=O)[O-])ccc2c1CCCN2. The number of carbonyl (C=O) groups excluding carboxylic acids is 2. The highest BCUT2D eigenvalue weighted by molar-refractivity contribution is 5.97. The summed E-state index contributed by atoms with van der Waals surface area (Å²) in [6.45, 7) is 7.08. The van der Waals surface area contributed by atoms with Gasteiger partial charge in [0.2, 0.25) is 11.8 Å². The molecule has 0 spiro atoms. The predicted molar refractivity (Wildman–Crippen MR) is 147 cm³/mol. The first-order valence-corrected chi connectivity index (χ1v) is 12.8. The van der Waals surface area contributed by atoms with Gasteiger partial charge in [0.15, 0.2) is 0 Å². The lowest BCUT2D eigenvalue weighted by Gasteiger charge is -2.27. The Bertz CT molecular complexity index is 1230. The minimum Gasteiger partial charge on any atom is -0.385 e. The molecule has 0 aliphatic carbocycles. The van der Waals surface area contributed by atoms with Gasteiger partial charge in [-0.1, -0.05) is 13.3 Å². The quantitative estimate of drug-likeness (QED) is 0.335. The van der Waals surface area contributed by atoms with Crippen LogP contribution >= 0.6 is 0 Å². The second-order valence-corrected chi connectivity index (χ2v) is 9.23. The highest BCUT2D eigenvalue weighted by Crippen LogP contribution is 2.39. The summed E-state index contributed by atoms with van der Waals surface area (Å²) in [7, 11) is 0. The van der Waals surface area contributed by atoms with Gasteiger partial charge in [0.25, 0.3) is 11.4 Å². The molecule has 0 saturated heterocycles. The van der Waals surface area contributed by atoms with Crippen LogP contribution < -0.4 is 20.9 Å². The van der Waals surface area contributed by atoms with Crippen LogP contribution in [0.15, 0.2) is 24.3 Å². The van der Waals surface area contributed by atoms with Gasteiger partial charge >= 0.3 is 0 Å². The van der Waals surface area contributed by atoms with Gasteiger partial charge < -0.3 is 20.9 Å². The smallest absolute Gasteiger partial charge is 0.293 e. The monoisotopic (exact) mass is 526 g/mol. The Morgan fingerprint density at radius 1 is 0.921 bits per heavy atom. The zero-order chi connectivity index (χ0) is 27.8. The van der Waals surface area contributed by atoms with Gasteiger partial charge in [-0.3, -0.25) is 29.8 Å². The molecule has 0 saturated carbocycles. The molecule has 0 fully saturated rings. The van der Waals surface area contributed by atoms with Gasteiger partial charge in [-0.15, -0.1) is 0 Å². The Kier molecular flexibility index (Phi) is 9.58. The first-order valence-electron chi connectivity index (χ1n) is 12.8. The van der Waals surface area contributed by atoms with Gasteiger partial charge in [-0.05, 0) is 44.2 Å². The molecule has 0 aromatic heterocycles. The molecule has 2 aliphatic heterocycles. The number of nitrogens with zero attached hydrogens (tertiary/aromatic N) is 3. The second-order valence-electron chi connectivity index (χ2n) is 9.23. The van der Waals surface area contributed by atoms with E-state index in [1.807, 2.05) is 6.92 Å². The van der Waals surface area contributed by atoms with E-state index in [4.69, 9.17) is 0 Å². The maximum absolute atomic E-state index is 12.0. The van der Waals surface area contributed by atoms with E-state index in [1.165, 1.54) is 26.0 Å². The van der Waals surface area contributed by atoms with E-state index in [1.54, 1.807) is 17.0 Å². The third-order valence-corrected chi connectivity index (χ3v) is 6.47. The molecule has 12 heteroatoms. The largest absolute Gasteiger partial charge is 0.385 e. The third kappa shape index (κ3) is 6.55. The van der Waals surface area contributed by atoms with Crippen molar-refractivity contribution in [1.29, 1.82) is 0 Å². The zero-order valence-electron chi connectivity index (χ0n) is 22.0. The van der Waals surface area contributed by atoms with E-state index in [9.17, 15) is 29.8 Å². The lowest BCUT2D eigenvalue weighted by atomic mass is 9.99. The summed E-state index contributed by atoms with van der Waals surface area (Å²) in [6.07, 6.45) is 5.08. The van der Waals surface area contributed by atoms with Crippen LogP contribution in [-0.4, -0.2) is 41.3 Å². The van der Waals surface area contributed by atoms with Crippen LogP contribution in [0.25, 0.3) is 0 Å². The number of fused-ring (bicyclic) bond motifs is 2. The van der Waals surface area contributed by atoms with Crippen molar-refractivity contribution >= 4 is 45.9 Å². The van der Waals surface area contributed by atoms with Crippen LogP contribution in [0.3, 0.4) is 0 Å². The molecular formula is C26H34N6O6. The summed E-state index contributed by atoms with van der Waals surface area (Å²) in [6, 6.07) is 6.35. The lowest BCUT2D eigenvalue weighted by molar-refractivity contribution is -0.384. The van der Waals surface area contributed by atoms with Gasteiger partial charge in [-0.25, -0.2) is 0 Å². The zero-order valence-corrected chi connectivity index (χ0v) is 22.0. The van der Waals surface area contributed by atoms with E-state index >= 15 is 0 Å². The maximum atomic E-state index is 12.0. The minimum absolute atomic E-state index is 0.0174. The molecule has 0 unspecified atom stereocenters. The normalized spacial score (nSPS) is 13.3. The molecule has 204 valence electrons. The number of rotatable bonds is 7. The Hall–Kier alpha value is -4.22. The van der Waals surface area contributed by atoms with Gasteiger partial charge in [-0.2, -0.15) is 0 Å². The van der Waals surface area contributed by atoms with Crippen LogP contribution in [-0.2, 0) is 22.4 Å². The Morgan fingerprint density at radius 3 is 2.00 bits per heavy atom. The number of unbranched alkanes of at least 4 members (excludes halogenated alkanes) is 1. The van der Waals surface area contributed by atoms with Crippen molar-refractivity contribution in [2.45, 2.75) is 59.3 Å². The fraction of sp³-hybridized carbons (Fsp3) is 0.462. The van der Waals surface area contributed by atoms with Crippen LogP contribution in [0, 0.1) is 20.2 Å². The van der Waals surface area contributed by atoms with Crippen molar-refractivity contribution in [3.8, 4) is 0 Å². The first kappa shape index (κ1) is 28.4. The highest BCUT2D eigenvalue weighted by Gasteiger charge is 2.28. The van der Waals surface area contributed by atoms with E-state index in [2.05, 4.69) is 16.0 Å². The average Bonchev–Trinajstić information content (AvgIpc) is 2.88. The number of amides is 2. The van der Waals surface area contributed by atoms with Crippen molar-refractivity contribution in [2.75, 3.05) is 40.5 Å². The Balaban J connectivity index is 0.000000215. The third-order valence-electron chi connectivity index (χ3n) is 6.47. The van der Waals surface area contributed by atoms with Gasteiger partial charge in [0.05, 0.1) is 9.85 Å². The second kappa shape index (κ2) is 12.8. The molecule has 38 heavy (non-hydrogen) atoms. The molecule has 2 heterocycles. The number of anilines is 4. The minimum atomic E-state index is -0.472. The topological polar surface area (TPSA) is 160 Å². The van der Waals surface area contributed by atoms with Crippen LogP contribution in [0.2, 0.25) is 0 Å². The lowest BCUT2D eigenvalue weighted by Crippen LogP contribution is -2.32. The van der Waals surface area contributed by atoms with E-state index in [0.717, 1.165) is 74.1 Å². The Labute approximate surface area is 221 Å². The number of carbonyl (C=O) groups is 2. The standard InChI is InChI=1S/C15H21N3O3.C11H13N3O3/c1-3-4-10-17(11(2)19)15-12-6-5-9-16-13(12)7-8-14(15)18(20)21;1-7(15)13-11-8-3-2-6-12-9(8)4-5-10(11)14(16)17/h7-8,16H,3-6,9-10H2,1-2H3;4-5,12H,2-3,6H2,1H3,(H,13,15). The molecule has 4 rings (SSSR count). The Morgan fingerprint density at radius 2 is 1.47 bits per heavy atom. The van der Waals surface area contributed by atoms with Crippen molar-refractivity contribution in [1.82, 2.24) is 0 Å². The summed E-state index contributed by atoms with van der Waals surface area (Å²) in [5.41, 5.74) is 4.25. The van der Waals surface area contributed by atoms with E-state index < -0.39 is 9.85 Å². The number of nitro benzene ring substituents is 2. The molecule has 2 aliphatic rings. The number of nitrogens with one attached hydrogen (secondary N) is 3. The molecular weight excluding hydrogens is 492 g/mol. The summed E-state index contributed by atoms with van der Waals surface area (Å²) in [5, 5.41) is 31.3. The van der Waals surface area contributed by atoms with Crippen molar-refractivity contribution < 1.29 is 19.4 Å². The molecule has 2 amide bonds. The van der Waals surface area contributed by atoms with E-state index in [0.29, 0.717) is 17.9 Å². The fourth-order valence-electron chi connectivity index (χ4n) is 4.74. The van der Waals surface area contributed by atoms with Gasteiger partial charge in [0.1, 0.15) is 11.4 Å². The average molecular weight is 527 g/mol. The maximum Gasteiger partial charge on any atom is 0.293 e. The van der Waals surface area contributed by atoms with Gasteiger partial charge in [0, 0.05) is 68.1 Å². The number of hydrogen-bond donors (Lipinski definition) is 3. The summed E-state index contributed by atoms with van der Waals surface area (Å²) >= 11 is 0. The molecule has 0 bridgehead atoms. The van der Waals surface area contributed by atoms with E-state index in [-0.39, 0.29) is 23.2 Å². The predicted octanol–water partition coefficient (Wildman–Crippen LogP) is 5.02. The van der Waals surface area contributed by atoms with Crippen LogP contribution in [0.5, 0.6) is 0 Å². The van der Waals surface area contributed by atoms with Crippen molar-refractivity contribution in [2.24, 2.45) is 0 Å². The van der Waals surface area contributed by atoms with Crippen molar-refractivity contribution in [3.05, 3.63) is 55.6 Å². The number of benzene rings is 2. The molecule has 3 N–H and O–H groups in total. The first-order chi connectivity index (χ1) is 18.1. The number of nitro groups is 2. The molecule has 2 aromatic carbocycles. The summed E-state index contributed by atoms with van der Waals surface area (Å²) < 4.78 is 0. The summed E-state index contributed by atoms with van der Waals surface area (Å²) in [4.78, 5) is 46.1. The molecule has 0 radical (unpaired) electrons. The molecule has 0 atom stereocenters. The number of hydrogen-bond acceptors (Lipinski definition) is 8. The van der Waals surface area contributed by atoms with Crippen molar-refractivity contribution in [3.63, 3.8) is 0 Å². The van der Waals surface area contributed by atoms with Crippen LogP contribution in [0.4, 0.5) is 34.1 Å². The molecule has 12 nitrogen and oxygen atoms in total. The molecule has 2 aromatic rings. The highest BCUT2D eigenvalue weighted by atomic mass is 16.6.